The molecule has 1 fully saturated rings. The zero-order valence-electron chi connectivity index (χ0n) is 12.0. The summed E-state index contributed by atoms with van der Waals surface area (Å²) in [6.07, 6.45) is 5.49. The molecule has 0 radical (unpaired) electrons. The molecule has 0 heterocycles. The monoisotopic (exact) mass is 256 g/mol. The van der Waals surface area contributed by atoms with Gasteiger partial charge in [-0.3, -0.25) is 0 Å². The number of aliphatic hydroxyl groups excluding tert-OH is 1. The molecule has 4 nitrogen and oxygen atoms in total. The molecule has 0 aromatic rings. The largest absolute Gasteiger partial charge is 0.396 e. The molecule has 0 aliphatic heterocycles. The van der Waals surface area contributed by atoms with Crippen LogP contribution in [0.5, 0.6) is 0 Å². The number of hydrogen-bond acceptors (Lipinski definition) is 2. The summed E-state index contributed by atoms with van der Waals surface area (Å²) in [5.74, 6) is 0.649. The Morgan fingerprint density at radius 2 is 2.00 bits per heavy atom. The van der Waals surface area contributed by atoms with E-state index in [9.17, 15) is 9.90 Å². The Labute approximate surface area is 111 Å². The molecule has 18 heavy (non-hydrogen) atoms. The molecule has 1 unspecified atom stereocenters. The first-order chi connectivity index (χ1) is 8.56. The quantitative estimate of drug-likeness (QED) is 0.654. The van der Waals surface area contributed by atoms with Gasteiger partial charge in [0, 0.05) is 18.0 Å². The average Bonchev–Trinajstić information content (AvgIpc) is 2.29. The fourth-order valence-electron chi connectivity index (χ4n) is 2.36. The van der Waals surface area contributed by atoms with Crippen LogP contribution in [-0.2, 0) is 0 Å². The van der Waals surface area contributed by atoms with Gasteiger partial charge in [0.1, 0.15) is 0 Å². The van der Waals surface area contributed by atoms with Crippen molar-refractivity contribution >= 4 is 6.03 Å². The van der Waals surface area contributed by atoms with E-state index in [1.165, 1.54) is 19.3 Å². The minimum Gasteiger partial charge on any atom is -0.396 e. The predicted octanol–water partition coefficient (Wildman–Crippen LogP) is 2.27. The van der Waals surface area contributed by atoms with E-state index in [4.69, 9.17) is 0 Å². The number of amides is 2. The van der Waals surface area contributed by atoms with Crippen LogP contribution < -0.4 is 10.6 Å². The zero-order chi connectivity index (χ0) is 13.6. The van der Waals surface area contributed by atoms with Crippen molar-refractivity contribution in [2.45, 2.75) is 58.9 Å². The molecule has 0 bridgehead atoms. The lowest BCUT2D eigenvalue weighted by Gasteiger charge is -2.33. The minimum absolute atomic E-state index is 0.103. The number of carbonyl (C=O) groups excluding carboxylic acids is 1. The van der Waals surface area contributed by atoms with E-state index in [0.717, 1.165) is 12.8 Å². The summed E-state index contributed by atoms with van der Waals surface area (Å²) < 4.78 is 0. The Hall–Kier alpha value is -0.770. The molecule has 1 rings (SSSR count). The number of urea groups is 1. The zero-order valence-corrected chi connectivity index (χ0v) is 12.0. The highest BCUT2D eigenvalue weighted by molar-refractivity contribution is 5.74. The van der Waals surface area contributed by atoms with Gasteiger partial charge in [0.2, 0.25) is 0 Å². The normalized spacial score (nSPS) is 18.0. The molecule has 4 heteroatoms. The fourth-order valence-corrected chi connectivity index (χ4v) is 2.36. The van der Waals surface area contributed by atoms with Crippen molar-refractivity contribution in [1.82, 2.24) is 10.6 Å². The lowest BCUT2D eigenvalue weighted by atomic mass is 9.80. The second-order valence-corrected chi connectivity index (χ2v) is 5.67. The standard InChI is InChI=1S/C14H28N2O2/c1-4-14(5-2,10-17)9-15-13(18)16-11(3)12-7-6-8-12/h11-12,17H,4-10H2,1-3H3,(H2,15,16,18). The van der Waals surface area contributed by atoms with Crippen molar-refractivity contribution in [3.8, 4) is 0 Å². The predicted molar refractivity (Wildman–Crippen MR) is 73.4 cm³/mol. The second-order valence-electron chi connectivity index (χ2n) is 5.67. The van der Waals surface area contributed by atoms with E-state index in [-0.39, 0.29) is 24.1 Å². The third-order valence-electron chi connectivity index (χ3n) is 4.68. The van der Waals surface area contributed by atoms with E-state index in [1.54, 1.807) is 0 Å². The van der Waals surface area contributed by atoms with Crippen LogP contribution in [0.15, 0.2) is 0 Å². The number of hydrogen-bond donors (Lipinski definition) is 3. The van der Waals surface area contributed by atoms with Crippen molar-refractivity contribution in [1.29, 1.82) is 0 Å². The van der Waals surface area contributed by atoms with Gasteiger partial charge in [-0.05, 0) is 38.5 Å². The maximum absolute atomic E-state index is 11.8. The third-order valence-corrected chi connectivity index (χ3v) is 4.68. The number of rotatable bonds is 7. The fraction of sp³-hybridized carbons (Fsp3) is 0.929. The molecule has 106 valence electrons. The Morgan fingerprint density at radius 1 is 1.39 bits per heavy atom. The van der Waals surface area contributed by atoms with Gasteiger partial charge in [-0.25, -0.2) is 4.79 Å². The van der Waals surface area contributed by atoms with Crippen LogP contribution in [0.3, 0.4) is 0 Å². The van der Waals surface area contributed by atoms with Crippen molar-refractivity contribution in [2.24, 2.45) is 11.3 Å². The maximum Gasteiger partial charge on any atom is 0.315 e. The van der Waals surface area contributed by atoms with Gasteiger partial charge in [0.05, 0.1) is 6.61 Å². The van der Waals surface area contributed by atoms with E-state index in [1.807, 2.05) is 0 Å². The molecule has 0 aromatic carbocycles. The molecule has 0 spiro atoms. The lowest BCUT2D eigenvalue weighted by molar-refractivity contribution is 0.114. The summed E-state index contributed by atoms with van der Waals surface area (Å²) in [6, 6.07) is 0.152. The summed E-state index contributed by atoms with van der Waals surface area (Å²) in [6.45, 7) is 6.84. The summed E-state index contributed by atoms with van der Waals surface area (Å²) >= 11 is 0. The highest BCUT2D eigenvalue weighted by Gasteiger charge is 2.27. The molecular weight excluding hydrogens is 228 g/mol. The van der Waals surface area contributed by atoms with Crippen LogP contribution in [0.25, 0.3) is 0 Å². The Kier molecular flexibility index (Phi) is 5.93. The summed E-state index contributed by atoms with van der Waals surface area (Å²) in [4.78, 5) is 11.8. The van der Waals surface area contributed by atoms with Crippen molar-refractivity contribution in [3.63, 3.8) is 0 Å². The van der Waals surface area contributed by atoms with E-state index < -0.39 is 0 Å². The smallest absolute Gasteiger partial charge is 0.315 e. The Morgan fingerprint density at radius 3 is 2.39 bits per heavy atom. The van der Waals surface area contributed by atoms with Gasteiger partial charge >= 0.3 is 6.03 Å². The van der Waals surface area contributed by atoms with Crippen molar-refractivity contribution in [2.75, 3.05) is 13.2 Å². The van der Waals surface area contributed by atoms with Gasteiger partial charge in [0.25, 0.3) is 0 Å². The minimum atomic E-state index is -0.170. The van der Waals surface area contributed by atoms with Crippen LogP contribution in [0, 0.1) is 11.3 Å². The molecule has 0 saturated heterocycles. The first-order valence-electron chi connectivity index (χ1n) is 7.22. The first kappa shape index (κ1) is 15.3. The summed E-state index contributed by atoms with van der Waals surface area (Å²) in [7, 11) is 0. The molecule has 0 aromatic heterocycles. The SMILES string of the molecule is CCC(CC)(CO)CNC(=O)NC(C)C1CCC1. The molecule has 1 atom stereocenters. The molecule has 1 saturated carbocycles. The lowest BCUT2D eigenvalue weighted by Crippen LogP contribution is -2.49. The molecular formula is C14H28N2O2. The number of aliphatic hydroxyl groups is 1. The highest BCUT2D eigenvalue weighted by atomic mass is 16.3. The van der Waals surface area contributed by atoms with Gasteiger partial charge in [-0.2, -0.15) is 0 Å². The van der Waals surface area contributed by atoms with Crippen LogP contribution in [0.4, 0.5) is 4.79 Å². The van der Waals surface area contributed by atoms with Crippen LogP contribution in [0.2, 0.25) is 0 Å². The maximum atomic E-state index is 11.8. The van der Waals surface area contributed by atoms with Gasteiger partial charge in [-0.15, -0.1) is 0 Å². The van der Waals surface area contributed by atoms with Crippen LogP contribution in [-0.4, -0.2) is 30.3 Å². The second kappa shape index (κ2) is 6.98. The third kappa shape index (κ3) is 3.87. The van der Waals surface area contributed by atoms with E-state index >= 15 is 0 Å². The van der Waals surface area contributed by atoms with Gasteiger partial charge in [0.15, 0.2) is 0 Å². The molecule has 1 aliphatic carbocycles. The Bertz CT molecular complexity index is 252. The average molecular weight is 256 g/mol. The van der Waals surface area contributed by atoms with Crippen LogP contribution >= 0.6 is 0 Å². The number of nitrogens with one attached hydrogen (secondary N) is 2. The molecule has 3 N–H and O–H groups in total. The first-order valence-corrected chi connectivity index (χ1v) is 7.22. The van der Waals surface area contributed by atoms with Crippen LogP contribution in [0.1, 0.15) is 52.9 Å². The van der Waals surface area contributed by atoms with Gasteiger partial charge in [-0.1, -0.05) is 20.3 Å². The topological polar surface area (TPSA) is 61.4 Å². The molecule has 2 amide bonds. The van der Waals surface area contributed by atoms with Crippen molar-refractivity contribution < 1.29 is 9.90 Å². The van der Waals surface area contributed by atoms with E-state index in [2.05, 4.69) is 31.4 Å². The van der Waals surface area contributed by atoms with Crippen molar-refractivity contribution in [3.05, 3.63) is 0 Å². The number of carbonyl (C=O) groups is 1. The summed E-state index contributed by atoms with van der Waals surface area (Å²) in [5, 5.41) is 15.3. The van der Waals surface area contributed by atoms with Gasteiger partial charge < -0.3 is 15.7 Å². The highest BCUT2D eigenvalue weighted by Crippen LogP contribution is 2.29. The summed E-state index contributed by atoms with van der Waals surface area (Å²) in [5.41, 5.74) is -0.170. The van der Waals surface area contributed by atoms with E-state index in [0.29, 0.717) is 12.5 Å². The molecule has 1 aliphatic rings. The Balaban J connectivity index is 2.30.